The fourth-order valence-electron chi connectivity index (χ4n) is 2.71. The lowest BCUT2D eigenvalue weighted by molar-refractivity contribution is -0.113. The molecule has 0 radical (unpaired) electrons. The summed E-state index contributed by atoms with van der Waals surface area (Å²) in [5, 5.41) is 16.1. The number of rotatable bonds is 5. The highest BCUT2D eigenvalue weighted by Gasteiger charge is 2.15. The van der Waals surface area contributed by atoms with Crippen molar-refractivity contribution in [3.63, 3.8) is 0 Å². The van der Waals surface area contributed by atoms with Crippen LogP contribution in [0.2, 0.25) is 0 Å². The number of benzene rings is 2. The highest BCUT2D eigenvalue weighted by molar-refractivity contribution is 7.99. The first kappa shape index (κ1) is 18.5. The first-order chi connectivity index (χ1) is 14.2. The minimum Gasteiger partial charge on any atom is -0.363 e. The van der Waals surface area contributed by atoms with Gasteiger partial charge in [0.15, 0.2) is 11.0 Å². The Balaban J connectivity index is 1.72. The van der Waals surface area contributed by atoms with E-state index < -0.39 is 0 Å². The number of amides is 1. The van der Waals surface area contributed by atoms with Gasteiger partial charge in [-0.05, 0) is 36.4 Å². The largest absolute Gasteiger partial charge is 0.363 e. The number of aromatic nitrogens is 3. The van der Waals surface area contributed by atoms with E-state index in [4.69, 9.17) is 5.26 Å². The maximum atomic E-state index is 13.1. The van der Waals surface area contributed by atoms with Gasteiger partial charge < -0.3 is 9.84 Å². The minimum absolute atomic E-state index is 0.0217. The summed E-state index contributed by atoms with van der Waals surface area (Å²) in [5.74, 6) is 0.0257. The van der Waals surface area contributed by atoms with E-state index in [2.05, 4.69) is 26.0 Å². The van der Waals surface area contributed by atoms with Gasteiger partial charge in [-0.25, -0.2) is 4.98 Å². The van der Waals surface area contributed by atoms with E-state index in [9.17, 15) is 9.59 Å². The Morgan fingerprint density at radius 3 is 2.69 bits per heavy atom. The second-order valence-corrected chi connectivity index (χ2v) is 6.87. The maximum Gasteiger partial charge on any atom is 0.266 e. The molecule has 2 aromatic carbocycles. The van der Waals surface area contributed by atoms with E-state index in [1.807, 2.05) is 0 Å². The maximum absolute atomic E-state index is 13.1. The predicted octanol–water partition coefficient (Wildman–Crippen LogP) is 2.98. The van der Waals surface area contributed by atoms with Crippen molar-refractivity contribution in [3.8, 4) is 11.8 Å². The van der Waals surface area contributed by atoms with Gasteiger partial charge in [0.25, 0.3) is 5.56 Å². The molecule has 0 atom stereocenters. The van der Waals surface area contributed by atoms with Gasteiger partial charge >= 0.3 is 0 Å². The van der Waals surface area contributed by atoms with Crippen LogP contribution in [0.1, 0.15) is 5.56 Å². The molecule has 9 heteroatoms. The van der Waals surface area contributed by atoms with Crippen LogP contribution in [0.25, 0.3) is 16.6 Å². The molecule has 0 aliphatic carbocycles. The molecule has 142 valence electrons. The summed E-state index contributed by atoms with van der Waals surface area (Å²) >= 11 is 1.13. The van der Waals surface area contributed by atoms with Gasteiger partial charge in [-0.3, -0.25) is 14.2 Å². The Hall–Kier alpha value is -3.90. The Morgan fingerprint density at radius 1 is 1.17 bits per heavy atom. The third kappa shape index (κ3) is 3.88. The molecule has 0 saturated carbocycles. The molecule has 0 spiro atoms. The quantitative estimate of drug-likeness (QED) is 0.402. The summed E-state index contributed by atoms with van der Waals surface area (Å²) in [4.78, 5) is 29.9. The zero-order chi connectivity index (χ0) is 20.2. The van der Waals surface area contributed by atoms with Crippen LogP contribution >= 0.6 is 11.8 Å². The number of nitriles is 1. The van der Waals surface area contributed by atoms with Crippen LogP contribution in [0.5, 0.6) is 0 Å². The summed E-state index contributed by atoms with van der Waals surface area (Å²) in [7, 11) is 0. The lowest BCUT2D eigenvalue weighted by atomic mass is 10.2. The third-order valence-electron chi connectivity index (χ3n) is 4.04. The van der Waals surface area contributed by atoms with Crippen LogP contribution in [0.15, 0.2) is 75.3 Å². The molecule has 2 heterocycles. The van der Waals surface area contributed by atoms with E-state index in [1.165, 1.54) is 16.9 Å². The van der Waals surface area contributed by atoms with Gasteiger partial charge in [0.2, 0.25) is 5.91 Å². The molecule has 0 unspecified atom stereocenters. The molecule has 4 aromatic rings. The Morgan fingerprint density at radius 2 is 1.97 bits per heavy atom. The summed E-state index contributed by atoms with van der Waals surface area (Å²) < 4.78 is 6.13. The summed E-state index contributed by atoms with van der Waals surface area (Å²) in [6, 6.07) is 17.2. The number of carbonyl (C=O) groups excluding carboxylic acids is 1. The van der Waals surface area contributed by atoms with Crippen molar-refractivity contribution < 1.29 is 9.32 Å². The van der Waals surface area contributed by atoms with E-state index in [0.717, 1.165) is 11.8 Å². The van der Waals surface area contributed by atoms with Crippen molar-refractivity contribution in [3.05, 3.63) is 76.8 Å². The van der Waals surface area contributed by atoms with E-state index in [-0.39, 0.29) is 17.2 Å². The molecule has 1 amide bonds. The molecule has 8 nitrogen and oxygen atoms in total. The Kier molecular flexibility index (Phi) is 5.09. The number of hydrogen-bond acceptors (Lipinski definition) is 7. The smallest absolute Gasteiger partial charge is 0.266 e. The molecule has 29 heavy (non-hydrogen) atoms. The first-order valence-corrected chi connectivity index (χ1v) is 9.49. The number of anilines is 1. The molecule has 0 aliphatic heterocycles. The number of fused-ring (bicyclic) bond motifs is 1. The highest BCUT2D eigenvalue weighted by atomic mass is 32.2. The number of hydrogen-bond donors (Lipinski definition) is 1. The molecule has 2 aromatic heterocycles. The highest BCUT2D eigenvalue weighted by Crippen LogP contribution is 2.22. The lowest BCUT2D eigenvalue weighted by Gasteiger charge is -2.13. The number of nitrogens with zero attached hydrogens (tertiary/aromatic N) is 4. The van der Waals surface area contributed by atoms with Crippen molar-refractivity contribution >= 4 is 34.4 Å². The SMILES string of the molecule is N#Cc1ccc(-n2c(SCC(=O)Nc3ccon3)nc3ccccc3c2=O)cc1. The Labute approximate surface area is 168 Å². The third-order valence-corrected chi connectivity index (χ3v) is 4.98. The summed E-state index contributed by atoms with van der Waals surface area (Å²) in [6.07, 6.45) is 1.36. The van der Waals surface area contributed by atoms with Gasteiger partial charge in [0.05, 0.1) is 34.0 Å². The van der Waals surface area contributed by atoms with Crippen molar-refractivity contribution in [2.75, 3.05) is 11.1 Å². The zero-order valence-corrected chi connectivity index (χ0v) is 15.7. The fraction of sp³-hybridized carbons (Fsp3) is 0.0500. The predicted molar refractivity (Wildman–Crippen MR) is 108 cm³/mol. The van der Waals surface area contributed by atoms with Crippen molar-refractivity contribution in [2.24, 2.45) is 0 Å². The number of thioether (sulfide) groups is 1. The molecular weight excluding hydrogens is 390 g/mol. The molecular formula is C20H13N5O3S. The molecule has 0 aliphatic rings. The first-order valence-electron chi connectivity index (χ1n) is 8.51. The van der Waals surface area contributed by atoms with Crippen LogP contribution in [-0.4, -0.2) is 26.4 Å². The number of nitrogens with one attached hydrogen (secondary N) is 1. The second-order valence-electron chi connectivity index (χ2n) is 5.93. The van der Waals surface area contributed by atoms with Gasteiger partial charge in [-0.2, -0.15) is 5.26 Å². The van der Waals surface area contributed by atoms with E-state index >= 15 is 0 Å². The molecule has 0 bridgehead atoms. The van der Waals surface area contributed by atoms with Crippen molar-refractivity contribution in [1.82, 2.24) is 14.7 Å². The van der Waals surface area contributed by atoms with Crippen LogP contribution in [-0.2, 0) is 4.79 Å². The fourth-order valence-corrected chi connectivity index (χ4v) is 3.52. The average molecular weight is 403 g/mol. The van der Waals surface area contributed by atoms with Crippen LogP contribution in [0, 0.1) is 11.3 Å². The van der Waals surface area contributed by atoms with E-state index in [0.29, 0.717) is 33.1 Å². The van der Waals surface area contributed by atoms with Gasteiger partial charge in [-0.15, -0.1) is 0 Å². The number of para-hydroxylation sites is 1. The summed E-state index contributed by atoms with van der Waals surface area (Å²) in [6.45, 7) is 0. The standard InChI is InChI=1S/C20H13N5O3S/c21-11-13-5-7-14(8-6-13)25-19(27)15-3-1-2-4-16(15)22-20(25)29-12-18(26)23-17-9-10-28-24-17/h1-10H,12H2,(H,23,24,26). The molecule has 4 rings (SSSR count). The van der Waals surface area contributed by atoms with Gasteiger partial charge in [-0.1, -0.05) is 29.1 Å². The topological polar surface area (TPSA) is 114 Å². The van der Waals surface area contributed by atoms with Gasteiger partial charge in [0, 0.05) is 6.07 Å². The zero-order valence-electron chi connectivity index (χ0n) is 14.9. The van der Waals surface area contributed by atoms with Crippen molar-refractivity contribution in [1.29, 1.82) is 5.26 Å². The monoisotopic (exact) mass is 403 g/mol. The summed E-state index contributed by atoms with van der Waals surface area (Å²) in [5.41, 5.74) is 1.34. The van der Waals surface area contributed by atoms with Crippen molar-refractivity contribution in [2.45, 2.75) is 5.16 Å². The lowest BCUT2D eigenvalue weighted by Crippen LogP contribution is -2.23. The normalized spacial score (nSPS) is 10.6. The average Bonchev–Trinajstić information content (AvgIpc) is 3.25. The molecule has 1 N–H and O–H groups in total. The minimum atomic E-state index is -0.308. The second kappa shape index (κ2) is 8.00. The van der Waals surface area contributed by atoms with Crippen LogP contribution in [0.4, 0.5) is 5.82 Å². The Bertz CT molecular complexity index is 1270. The molecule has 0 fully saturated rings. The number of carbonyl (C=O) groups is 1. The van der Waals surface area contributed by atoms with Gasteiger partial charge in [0.1, 0.15) is 6.26 Å². The van der Waals surface area contributed by atoms with Crippen LogP contribution < -0.4 is 10.9 Å². The van der Waals surface area contributed by atoms with E-state index in [1.54, 1.807) is 48.5 Å². The molecule has 0 saturated heterocycles. The van der Waals surface area contributed by atoms with Crippen LogP contribution in [0.3, 0.4) is 0 Å².